The van der Waals surface area contributed by atoms with Crippen molar-refractivity contribution in [2.75, 3.05) is 0 Å². The fourth-order valence-electron chi connectivity index (χ4n) is 0. The van der Waals surface area contributed by atoms with E-state index in [0.29, 0.717) is 0 Å². The van der Waals surface area contributed by atoms with E-state index in [1.54, 1.807) is 0 Å². The Bertz CT molecular complexity index is 0. The van der Waals surface area contributed by atoms with E-state index >= 15 is 0 Å². The van der Waals surface area contributed by atoms with Gasteiger partial charge in [-0.1, -0.05) is 0 Å². The van der Waals surface area contributed by atoms with Crippen LogP contribution in [0, 0.1) is 0 Å². The van der Waals surface area contributed by atoms with Crippen molar-refractivity contribution >= 4 is 0 Å². The molecule has 0 saturated heterocycles. The third-order valence-corrected chi connectivity index (χ3v) is 0. The summed E-state index contributed by atoms with van der Waals surface area (Å²) in [5, 5.41) is 0. The summed E-state index contributed by atoms with van der Waals surface area (Å²) in [4.78, 5) is 0. The fourth-order valence-corrected chi connectivity index (χ4v) is 0. The topological polar surface area (TPSA) is 0 Å². The molecular formula is Ru12. The zero-order valence-electron chi connectivity index (χ0n) is 4.24. The van der Waals surface area contributed by atoms with Crippen LogP contribution in [0.25, 0.3) is 0 Å². The van der Waals surface area contributed by atoms with Gasteiger partial charge in [-0.3, -0.25) is 0 Å². The van der Waals surface area contributed by atoms with Gasteiger partial charge in [-0.2, -0.15) is 0 Å². The minimum atomic E-state index is 0. The Balaban J connectivity index is 0. The van der Waals surface area contributed by atoms with Gasteiger partial charge in [-0.05, 0) is 0 Å². The van der Waals surface area contributed by atoms with Gasteiger partial charge in [0.05, 0.1) is 0 Å². The molecule has 0 aromatic carbocycles. The quantitative estimate of drug-likeness (QED) is 0.300. The maximum Gasteiger partial charge on any atom is 0 e. The maximum atomic E-state index is 0. The normalized spacial score (nSPS) is 0. The van der Waals surface area contributed by atoms with Crippen LogP contribution in [-0.4, -0.2) is 0 Å². The molecule has 0 aromatic heterocycles. The molecule has 0 amide bonds. The van der Waals surface area contributed by atoms with Crippen LogP contribution in [0.3, 0.4) is 0 Å². The van der Waals surface area contributed by atoms with Crippen LogP contribution in [-0.2, 0) is 234 Å². The molecule has 12 heavy (non-hydrogen) atoms. The summed E-state index contributed by atoms with van der Waals surface area (Å²) in [7, 11) is 0. The Morgan fingerprint density at radius 2 is 0.0833 bits per heavy atom. The van der Waals surface area contributed by atoms with E-state index in [1.165, 1.54) is 0 Å². The van der Waals surface area contributed by atoms with Gasteiger partial charge in [0.1, 0.15) is 0 Å². The fraction of sp³-hybridized carbons (Fsp3) is 0. The predicted molar refractivity (Wildman–Crippen MR) is 0 cm³/mol. The minimum absolute atomic E-state index is 0. The van der Waals surface area contributed by atoms with Crippen molar-refractivity contribution < 1.29 is 234 Å². The van der Waals surface area contributed by atoms with Crippen molar-refractivity contribution in [3.05, 3.63) is 0 Å². The standard InChI is InChI=1S/12Ru. The molecule has 0 N–H and O–H groups in total. The van der Waals surface area contributed by atoms with Crippen molar-refractivity contribution in [3.8, 4) is 0 Å². The Labute approximate surface area is 228 Å². The Hall–Kier alpha value is 7.48. The van der Waals surface area contributed by atoms with Crippen LogP contribution >= 0.6 is 0 Å². The smallest absolute Gasteiger partial charge is 0 e. The van der Waals surface area contributed by atoms with E-state index in [-0.39, 0.29) is 234 Å². The molecule has 0 saturated carbocycles. The summed E-state index contributed by atoms with van der Waals surface area (Å²) in [5.74, 6) is 0. The van der Waals surface area contributed by atoms with Gasteiger partial charge < -0.3 is 0 Å². The molecule has 0 aliphatic rings. The Morgan fingerprint density at radius 3 is 0.0833 bits per heavy atom. The Kier molecular flexibility index (Phi) is 1000. The first-order valence-electron chi connectivity index (χ1n) is 0. The molecule has 12 heteroatoms. The van der Waals surface area contributed by atoms with Crippen LogP contribution in [0.1, 0.15) is 0 Å². The van der Waals surface area contributed by atoms with Crippen LogP contribution in [0.5, 0.6) is 0 Å². The number of rotatable bonds is 0. The summed E-state index contributed by atoms with van der Waals surface area (Å²) in [6.07, 6.45) is 0. The second-order valence-corrected chi connectivity index (χ2v) is 0. The van der Waals surface area contributed by atoms with E-state index in [0.717, 1.165) is 0 Å². The van der Waals surface area contributed by atoms with Crippen molar-refractivity contribution in [1.29, 1.82) is 0 Å². The van der Waals surface area contributed by atoms with Gasteiger partial charge in [-0.25, -0.2) is 0 Å². The monoisotopic (exact) mass is 1220 g/mol. The zero-order valence-corrected chi connectivity index (χ0v) is 25.1. The molecule has 0 aliphatic carbocycles. The van der Waals surface area contributed by atoms with Crippen molar-refractivity contribution in [2.24, 2.45) is 0 Å². The first-order valence-corrected chi connectivity index (χ1v) is 0. The average Bonchev–Trinajstić information content (AvgIpc) is 0. The molecule has 0 atom stereocenters. The van der Waals surface area contributed by atoms with E-state index < -0.39 is 0 Å². The maximum absolute atomic E-state index is 0. The largest absolute Gasteiger partial charge is 0 e. The minimum Gasteiger partial charge on any atom is 0 e. The third-order valence-electron chi connectivity index (χ3n) is 0. The molecular weight excluding hydrogens is 1210 g/mol. The van der Waals surface area contributed by atoms with E-state index in [2.05, 4.69) is 0 Å². The van der Waals surface area contributed by atoms with Gasteiger partial charge in [0.25, 0.3) is 0 Å². The van der Waals surface area contributed by atoms with Crippen molar-refractivity contribution in [2.45, 2.75) is 0 Å². The van der Waals surface area contributed by atoms with Gasteiger partial charge >= 0.3 is 0 Å². The molecule has 0 bridgehead atoms. The molecule has 0 rings (SSSR count). The van der Waals surface area contributed by atoms with E-state index in [1.807, 2.05) is 0 Å². The number of hydrogen-bond acceptors (Lipinski definition) is 0. The zero-order chi connectivity index (χ0) is 0. The van der Waals surface area contributed by atoms with Gasteiger partial charge in [0.2, 0.25) is 0 Å². The number of hydrogen-bond donors (Lipinski definition) is 0. The van der Waals surface area contributed by atoms with Crippen molar-refractivity contribution in [1.82, 2.24) is 0 Å². The van der Waals surface area contributed by atoms with Crippen LogP contribution in [0.4, 0.5) is 0 Å². The first-order chi connectivity index (χ1) is 0. The summed E-state index contributed by atoms with van der Waals surface area (Å²) in [5.41, 5.74) is 0. The van der Waals surface area contributed by atoms with Gasteiger partial charge in [-0.15, -0.1) is 0 Å². The second-order valence-electron chi connectivity index (χ2n) is 0. The van der Waals surface area contributed by atoms with Crippen LogP contribution in [0.2, 0.25) is 0 Å². The summed E-state index contributed by atoms with van der Waals surface area (Å²) in [6.45, 7) is 0. The summed E-state index contributed by atoms with van der Waals surface area (Å²) >= 11 is 0. The van der Waals surface area contributed by atoms with Crippen molar-refractivity contribution in [3.63, 3.8) is 0 Å². The summed E-state index contributed by atoms with van der Waals surface area (Å²) < 4.78 is 0. The summed E-state index contributed by atoms with van der Waals surface area (Å²) in [6, 6.07) is 0. The molecule has 96 valence electrons. The first kappa shape index (κ1) is 119. The molecule has 0 spiro atoms. The SMILES string of the molecule is [Ru].[Ru].[Ru].[Ru].[Ru].[Ru].[Ru].[Ru].[Ru].[Ru].[Ru].[Ru]. The molecule has 0 aromatic rings. The average molecular weight is 1210 g/mol. The molecule has 0 fully saturated rings. The molecule has 0 heterocycles. The van der Waals surface area contributed by atoms with Crippen LogP contribution in [0.15, 0.2) is 0 Å². The van der Waals surface area contributed by atoms with Gasteiger partial charge in [0, 0.05) is 234 Å². The second kappa shape index (κ2) is 101. The molecule has 0 nitrogen and oxygen atoms in total. The molecule has 0 aliphatic heterocycles. The van der Waals surface area contributed by atoms with E-state index in [9.17, 15) is 0 Å². The van der Waals surface area contributed by atoms with Gasteiger partial charge in [0.15, 0.2) is 0 Å². The Morgan fingerprint density at radius 1 is 0.0833 bits per heavy atom. The third kappa shape index (κ3) is 84.8. The van der Waals surface area contributed by atoms with E-state index in [4.69, 9.17) is 0 Å². The molecule has 0 unspecified atom stereocenters. The molecule has 0 radical (unpaired) electrons. The predicted octanol–water partition coefficient (Wildman–Crippen LogP) is -0.0300. The van der Waals surface area contributed by atoms with Crippen LogP contribution < -0.4 is 0 Å².